The van der Waals surface area contributed by atoms with Crippen LogP contribution in [0.2, 0.25) is 0 Å². The molecule has 1 aliphatic heterocycles. The second-order valence-corrected chi connectivity index (χ2v) is 6.08. The molecule has 2 atom stereocenters. The Kier molecular flexibility index (Phi) is 5.26. The third-order valence-corrected chi connectivity index (χ3v) is 4.68. The van der Waals surface area contributed by atoms with Crippen molar-refractivity contribution in [2.24, 2.45) is 5.92 Å². The normalized spacial score (nSPS) is 24.9. The Labute approximate surface area is 120 Å². The van der Waals surface area contributed by atoms with E-state index in [9.17, 15) is 9.59 Å². The van der Waals surface area contributed by atoms with Crippen LogP contribution in [0.4, 0.5) is 4.79 Å². The van der Waals surface area contributed by atoms with E-state index >= 15 is 0 Å². The van der Waals surface area contributed by atoms with Crippen molar-refractivity contribution in [1.29, 1.82) is 0 Å². The minimum atomic E-state index is -0.934. The number of hydrogen-bond donors (Lipinski definition) is 2. The Balaban J connectivity index is 1.94. The van der Waals surface area contributed by atoms with Crippen molar-refractivity contribution >= 4 is 12.0 Å². The molecule has 1 aliphatic carbocycles. The maximum Gasteiger partial charge on any atom is 0.326 e. The number of likely N-dealkylation sites (tertiary alicyclic amines) is 1. The molecular weight excluding hydrogens is 256 g/mol. The van der Waals surface area contributed by atoms with Crippen molar-refractivity contribution in [3.8, 4) is 0 Å². The lowest BCUT2D eigenvalue weighted by Crippen LogP contribution is -2.50. The zero-order chi connectivity index (χ0) is 14.5. The lowest BCUT2D eigenvalue weighted by Gasteiger charge is -2.30. The fraction of sp³-hybridized carbons (Fsp3) is 0.867. The highest BCUT2D eigenvalue weighted by Crippen LogP contribution is 2.35. The number of carboxylic acid groups (broad SMARTS) is 1. The molecule has 5 heteroatoms. The van der Waals surface area contributed by atoms with E-state index in [1.54, 1.807) is 0 Å². The maximum absolute atomic E-state index is 12.4. The highest BCUT2D eigenvalue weighted by atomic mass is 16.4. The Morgan fingerprint density at radius 1 is 1.25 bits per heavy atom. The molecule has 2 aliphatic rings. The summed E-state index contributed by atoms with van der Waals surface area (Å²) < 4.78 is 0. The third kappa shape index (κ3) is 3.44. The lowest BCUT2D eigenvalue weighted by atomic mass is 9.96. The highest BCUT2D eigenvalue weighted by Gasteiger charge is 2.36. The predicted molar refractivity (Wildman–Crippen MR) is 76.5 cm³/mol. The summed E-state index contributed by atoms with van der Waals surface area (Å²) in [6, 6.07) is -0.605. The van der Waals surface area contributed by atoms with Gasteiger partial charge in [0.25, 0.3) is 0 Å². The molecule has 0 aromatic carbocycles. The number of amides is 2. The van der Waals surface area contributed by atoms with Gasteiger partial charge in [0.1, 0.15) is 6.04 Å². The summed E-state index contributed by atoms with van der Waals surface area (Å²) in [7, 11) is 0. The van der Waals surface area contributed by atoms with Gasteiger partial charge >= 0.3 is 12.0 Å². The van der Waals surface area contributed by atoms with E-state index in [-0.39, 0.29) is 6.03 Å². The maximum atomic E-state index is 12.4. The highest BCUT2D eigenvalue weighted by molar-refractivity contribution is 5.82. The average molecular weight is 282 g/mol. The van der Waals surface area contributed by atoms with Crippen LogP contribution in [0.5, 0.6) is 0 Å². The largest absolute Gasteiger partial charge is 0.480 e. The average Bonchev–Trinajstić information content (AvgIpc) is 3.08. The molecular formula is C15H26N2O3. The Bertz CT molecular complexity index is 353. The number of nitrogens with one attached hydrogen (secondary N) is 1. The van der Waals surface area contributed by atoms with Crippen LogP contribution in [0.1, 0.15) is 58.3 Å². The quantitative estimate of drug-likeness (QED) is 0.814. The number of hydrogen-bond acceptors (Lipinski definition) is 2. The number of nitrogens with zero attached hydrogens (tertiary/aromatic N) is 1. The summed E-state index contributed by atoms with van der Waals surface area (Å²) in [5, 5.41) is 11.8. The van der Waals surface area contributed by atoms with Gasteiger partial charge in [-0.15, -0.1) is 0 Å². The van der Waals surface area contributed by atoms with Crippen LogP contribution < -0.4 is 5.32 Å². The number of carboxylic acids is 1. The molecule has 1 saturated heterocycles. The van der Waals surface area contributed by atoms with E-state index in [1.165, 1.54) is 25.7 Å². The van der Waals surface area contributed by atoms with Crippen LogP contribution in [0, 0.1) is 5.92 Å². The molecule has 0 bridgehead atoms. The van der Waals surface area contributed by atoms with Gasteiger partial charge in [-0.3, -0.25) is 0 Å². The van der Waals surface area contributed by atoms with Crippen LogP contribution in [0.25, 0.3) is 0 Å². The van der Waals surface area contributed by atoms with Crippen LogP contribution in [0.15, 0.2) is 0 Å². The second kappa shape index (κ2) is 6.95. The first kappa shape index (κ1) is 15.1. The van der Waals surface area contributed by atoms with Crippen molar-refractivity contribution in [3.05, 3.63) is 0 Å². The van der Waals surface area contributed by atoms with E-state index in [0.717, 1.165) is 25.8 Å². The van der Waals surface area contributed by atoms with Crippen molar-refractivity contribution in [2.45, 2.75) is 70.4 Å². The Morgan fingerprint density at radius 2 is 1.95 bits per heavy atom. The molecule has 20 heavy (non-hydrogen) atoms. The van der Waals surface area contributed by atoms with E-state index in [2.05, 4.69) is 5.32 Å². The van der Waals surface area contributed by atoms with Gasteiger partial charge in [-0.1, -0.05) is 26.2 Å². The summed E-state index contributed by atoms with van der Waals surface area (Å²) in [5.41, 5.74) is 0. The molecule has 0 aromatic heterocycles. The number of rotatable bonds is 5. The van der Waals surface area contributed by atoms with Gasteiger partial charge in [0.15, 0.2) is 0 Å². The smallest absolute Gasteiger partial charge is 0.326 e. The van der Waals surface area contributed by atoms with Gasteiger partial charge in [0.2, 0.25) is 0 Å². The monoisotopic (exact) mass is 282 g/mol. The van der Waals surface area contributed by atoms with Gasteiger partial charge < -0.3 is 15.3 Å². The molecule has 2 N–H and O–H groups in total. The minimum Gasteiger partial charge on any atom is -0.480 e. The Hall–Kier alpha value is -1.26. The number of aliphatic carboxylic acids is 1. The van der Waals surface area contributed by atoms with Crippen LogP contribution in [-0.4, -0.2) is 40.6 Å². The van der Waals surface area contributed by atoms with Crippen molar-refractivity contribution < 1.29 is 14.7 Å². The molecule has 0 aromatic rings. The number of urea groups is 1. The standard InChI is InChI=1S/C15H26N2O3/c1-2-6-12(14(18)19)16-15(20)17-10-5-9-13(17)11-7-3-4-8-11/h11-13H,2-10H2,1H3,(H,16,20)(H,18,19)/t12-,13?/m0/s1. The van der Waals surface area contributed by atoms with Crippen molar-refractivity contribution in [3.63, 3.8) is 0 Å². The van der Waals surface area contributed by atoms with Crippen LogP contribution in [-0.2, 0) is 4.79 Å². The first-order valence-electron chi connectivity index (χ1n) is 7.93. The molecule has 2 rings (SSSR count). The predicted octanol–water partition coefficient (Wildman–Crippen LogP) is 2.60. The molecule has 2 fully saturated rings. The molecule has 5 nitrogen and oxygen atoms in total. The summed E-state index contributed by atoms with van der Waals surface area (Å²) in [4.78, 5) is 25.4. The van der Waals surface area contributed by atoms with Crippen LogP contribution in [0.3, 0.4) is 0 Å². The fourth-order valence-corrected chi connectivity index (χ4v) is 3.65. The SMILES string of the molecule is CCC[C@H](NC(=O)N1CCCC1C1CCCC1)C(=O)O. The summed E-state index contributed by atoms with van der Waals surface area (Å²) in [6.45, 7) is 2.70. The van der Waals surface area contributed by atoms with E-state index in [1.807, 2.05) is 11.8 Å². The third-order valence-electron chi connectivity index (χ3n) is 4.68. The first-order chi connectivity index (χ1) is 9.63. The zero-order valence-electron chi connectivity index (χ0n) is 12.3. The van der Waals surface area contributed by atoms with Gasteiger partial charge in [-0.05, 0) is 38.0 Å². The number of carbonyl (C=O) groups excluding carboxylic acids is 1. The summed E-state index contributed by atoms with van der Waals surface area (Å²) in [6.07, 6.45) is 8.32. The molecule has 1 heterocycles. The Morgan fingerprint density at radius 3 is 2.55 bits per heavy atom. The van der Waals surface area contributed by atoms with E-state index in [4.69, 9.17) is 5.11 Å². The molecule has 1 saturated carbocycles. The topological polar surface area (TPSA) is 69.6 Å². The lowest BCUT2D eigenvalue weighted by molar-refractivity contribution is -0.139. The van der Waals surface area contributed by atoms with Gasteiger partial charge in [-0.2, -0.15) is 0 Å². The molecule has 0 spiro atoms. The van der Waals surface area contributed by atoms with E-state index in [0.29, 0.717) is 18.4 Å². The van der Waals surface area contributed by atoms with Gasteiger partial charge in [-0.25, -0.2) is 9.59 Å². The van der Waals surface area contributed by atoms with Gasteiger partial charge in [0, 0.05) is 12.6 Å². The van der Waals surface area contributed by atoms with Crippen molar-refractivity contribution in [1.82, 2.24) is 10.2 Å². The molecule has 1 unspecified atom stereocenters. The van der Waals surface area contributed by atoms with Crippen LogP contribution >= 0.6 is 0 Å². The number of carbonyl (C=O) groups is 2. The zero-order valence-corrected chi connectivity index (χ0v) is 12.3. The van der Waals surface area contributed by atoms with Gasteiger partial charge in [0.05, 0.1) is 0 Å². The second-order valence-electron chi connectivity index (χ2n) is 6.08. The first-order valence-corrected chi connectivity index (χ1v) is 7.93. The van der Waals surface area contributed by atoms with E-state index < -0.39 is 12.0 Å². The summed E-state index contributed by atoms with van der Waals surface area (Å²) >= 11 is 0. The summed E-state index contributed by atoms with van der Waals surface area (Å²) in [5.74, 6) is -0.311. The van der Waals surface area contributed by atoms with Crippen molar-refractivity contribution in [2.75, 3.05) is 6.54 Å². The molecule has 0 radical (unpaired) electrons. The molecule has 114 valence electrons. The molecule has 2 amide bonds. The minimum absolute atomic E-state index is 0.180. The fourth-order valence-electron chi connectivity index (χ4n) is 3.65.